The minimum Gasteiger partial charge on any atom is -0.271 e. The van der Waals surface area contributed by atoms with E-state index in [0.29, 0.717) is 18.4 Å². The molecule has 1 rings (SSSR count). The molecule has 104 valence electrons. The minimum absolute atomic E-state index is 0.376. The first-order chi connectivity index (χ1) is 8.90. The van der Waals surface area contributed by atoms with Crippen LogP contribution in [0, 0.1) is 4.91 Å². The van der Waals surface area contributed by atoms with Crippen molar-refractivity contribution < 1.29 is 9.00 Å². The van der Waals surface area contributed by atoms with Crippen LogP contribution in [0.15, 0.2) is 29.4 Å². The van der Waals surface area contributed by atoms with Crippen LogP contribution in [0.4, 0.5) is 0 Å². The number of hydrogen-bond acceptors (Lipinski definition) is 4. The molecule has 6 heteroatoms. The molecule has 0 bridgehead atoms. The monoisotopic (exact) mass is 282 g/mol. The van der Waals surface area contributed by atoms with Crippen LogP contribution in [0.25, 0.3) is 0 Å². The molecule has 0 aliphatic rings. The highest BCUT2D eigenvalue weighted by atomic mass is 32.2. The number of nitroso groups, excluding NO2 is 1. The van der Waals surface area contributed by atoms with Crippen LogP contribution < -0.4 is 4.72 Å². The molecule has 1 aromatic carbocycles. The van der Waals surface area contributed by atoms with Gasteiger partial charge in [-0.25, -0.2) is 4.21 Å². The third-order valence-electron chi connectivity index (χ3n) is 3.02. The Balaban J connectivity index is 2.79. The quantitative estimate of drug-likeness (QED) is 0.813. The third kappa shape index (κ3) is 4.55. The molecule has 1 aromatic rings. The zero-order chi connectivity index (χ0) is 14.5. The van der Waals surface area contributed by atoms with Crippen molar-refractivity contribution in [2.24, 2.45) is 5.18 Å². The number of hydrogen-bond donors (Lipinski definition) is 1. The molecule has 19 heavy (non-hydrogen) atoms. The molecule has 0 fully saturated rings. The lowest BCUT2D eigenvalue weighted by Gasteiger charge is -2.19. The number of benzene rings is 1. The summed E-state index contributed by atoms with van der Waals surface area (Å²) in [5.74, 6) is -0.376. The highest BCUT2D eigenvalue weighted by molar-refractivity contribution is 7.82. The number of nitrogens with one attached hydrogen (secondary N) is 1. The molecule has 0 saturated heterocycles. The molecule has 0 aromatic heterocycles. The molecule has 1 N–H and O–H groups in total. The number of nitrogens with zero attached hydrogens (tertiary/aromatic N) is 1. The van der Waals surface area contributed by atoms with Crippen molar-refractivity contribution in [1.82, 2.24) is 4.72 Å². The molecule has 2 unspecified atom stereocenters. The summed E-state index contributed by atoms with van der Waals surface area (Å²) in [7, 11) is -1.38. The van der Waals surface area contributed by atoms with E-state index in [4.69, 9.17) is 0 Å². The minimum atomic E-state index is -1.38. The van der Waals surface area contributed by atoms with E-state index in [1.807, 2.05) is 6.92 Å². The first-order valence-corrected chi connectivity index (χ1v) is 7.54. The summed E-state index contributed by atoms with van der Waals surface area (Å²) in [5.41, 5.74) is 0.767. The van der Waals surface area contributed by atoms with E-state index in [1.54, 1.807) is 31.2 Å². The molecular formula is C13H18N2O3S. The first-order valence-electron chi connectivity index (χ1n) is 5.98. The summed E-state index contributed by atoms with van der Waals surface area (Å²) in [6.45, 7) is 3.72. The Kier molecular flexibility index (Phi) is 5.35. The SMILES string of the molecule is CCC(C)(Cc1ccc(C(=O)NS(C)=O)cc1)N=O. The predicted octanol–water partition coefficient (Wildman–Crippen LogP) is 2.19. The first kappa shape index (κ1) is 15.5. The molecule has 1 amide bonds. The molecule has 0 heterocycles. The molecule has 5 nitrogen and oxygen atoms in total. The highest BCUT2D eigenvalue weighted by Crippen LogP contribution is 2.21. The van der Waals surface area contributed by atoms with Crippen LogP contribution >= 0.6 is 0 Å². The van der Waals surface area contributed by atoms with Gasteiger partial charge in [0.15, 0.2) is 0 Å². The molecule has 0 aliphatic heterocycles. The van der Waals surface area contributed by atoms with E-state index in [9.17, 15) is 13.9 Å². The normalized spacial score (nSPS) is 15.3. The number of carbonyl (C=O) groups excluding carboxylic acids is 1. The zero-order valence-corrected chi connectivity index (χ0v) is 12.1. The van der Waals surface area contributed by atoms with Gasteiger partial charge in [-0.05, 0) is 31.0 Å². The summed E-state index contributed by atoms with van der Waals surface area (Å²) < 4.78 is 13.2. The maximum atomic E-state index is 11.6. The second-order valence-electron chi connectivity index (χ2n) is 4.70. The smallest absolute Gasteiger partial charge is 0.262 e. The van der Waals surface area contributed by atoms with Crippen LogP contribution in [0.3, 0.4) is 0 Å². The molecule has 0 aliphatic carbocycles. The second-order valence-corrected chi connectivity index (χ2v) is 5.81. The standard InChI is InChI=1S/C13H18N2O3S/c1-4-13(2,15-17)9-10-5-7-11(8-6-10)12(16)14-19(3)18/h5-8H,4,9H2,1-3H3,(H,14,16). The average molecular weight is 282 g/mol. The van der Waals surface area contributed by atoms with E-state index in [-0.39, 0.29) is 5.91 Å². The van der Waals surface area contributed by atoms with Crippen LogP contribution in [-0.2, 0) is 17.4 Å². The maximum Gasteiger partial charge on any atom is 0.262 e. The fraction of sp³-hybridized carbons (Fsp3) is 0.462. The Morgan fingerprint density at radius 3 is 2.37 bits per heavy atom. The third-order valence-corrected chi connectivity index (χ3v) is 3.49. The highest BCUT2D eigenvalue weighted by Gasteiger charge is 2.23. The Morgan fingerprint density at radius 1 is 1.37 bits per heavy atom. The van der Waals surface area contributed by atoms with E-state index in [0.717, 1.165) is 5.56 Å². The summed E-state index contributed by atoms with van der Waals surface area (Å²) in [6, 6.07) is 6.87. The Bertz CT molecular complexity index is 487. The van der Waals surface area contributed by atoms with Gasteiger partial charge in [-0.2, -0.15) is 4.91 Å². The Morgan fingerprint density at radius 2 is 1.95 bits per heavy atom. The van der Waals surface area contributed by atoms with E-state index >= 15 is 0 Å². The van der Waals surface area contributed by atoms with Crippen molar-refractivity contribution in [1.29, 1.82) is 0 Å². The second kappa shape index (κ2) is 6.56. The van der Waals surface area contributed by atoms with Gasteiger partial charge in [-0.1, -0.05) is 24.2 Å². The van der Waals surface area contributed by atoms with Crippen LogP contribution in [0.2, 0.25) is 0 Å². The Hall–Kier alpha value is -1.56. The lowest BCUT2D eigenvalue weighted by Crippen LogP contribution is -2.25. The van der Waals surface area contributed by atoms with E-state index in [2.05, 4.69) is 9.90 Å². The van der Waals surface area contributed by atoms with Gasteiger partial charge in [-0.15, -0.1) is 0 Å². The van der Waals surface area contributed by atoms with Crippen LogP contribution in [0.5, 0.6) is 0 Å². The molecule has 0 saturated carbocycles. The zero-order valence-electron chi connectivity index (χ0n) is 11.3. The van der Waals surface area contributed by atoms with Crippen LogP contribution in [-0.4, -0.2) is 21.9 Å². The predicted molar refractivity (Wildman–Crippen MR) is 76.2 cm³/mol. The van der Waals surface area contributed by atoms with Crippen LogP contribution in [0.1, 0.15) is 36.2 Å². The topological polar surface area (TPSA) is 75.6 Å². The average Bonchev–Trinajstić information content (AvgIpc) is 2.38. The largest absolute Gasteiger partial charge is 0.271 e. The summed E-state index contributed by atoms with van der Waals surface area (Å²) in [5, 5.41) is 3.16. The van der Waals surface area contributed by atoms with Crippen molar-refractivity contribution in [2.75, 3.05) is 6.26 Å². The van der Waals surface area contributed by atoms with Gasteiger partial charge in [0.05, 0.1) is 0 Å². The van der Waals surface area contributed by atoms with Gasteiger partial charge in [-0.3, -0.25) is 9.52 Å². The number of amides is 1. The summed E-state index contributed by atoms with van der Waals surface area (Å²) >= 11 is 0. The van der Waals surface area contributed by atoms with Crippen molar-refractivity contribution in [3.8, 4) is 0 Å². The fourth-order valence-corrected chi connectivity index (χ4v) is 2.00. The van der Waals surface area contributed by atoms with Crippen molar-refractivity contribution in [3.63, 3.8) is 0 Å². The van der Waals surface area contributed by atoms with E-state index < -0.39 is 16.5 Å². The van der Waals surface area contributed by atoms with Gasteiger partial charge < -0.3 is 0 Å². The van der Waals surface area contributed by atoms with Gasteiger partial charge in [0.2, 0.25) is 0 Å². The summed E-state index contributed by atoms with van der Waals surface area (Å²) in [6.07, 6.45) is 2.59. The van der Waals surface area contributed by atoms with Gasteiger partial charge in [0.1, 0.15) is 16.5 Å². The molecular weight excluding hydrogens is 264 g/mol. The molecule has 0 radical (unpaired) electrons. The Labute approximate surface area is 115 Å². The number of carbonyl (C=O) groups is 1. The van der Waals surface area contributed by atoms with Gasteiger partial charge >= 0.3 is 0 Å². The van der Waals surface area contributed by atoms with Crippen molar-refractivity contribution >= 4 is 16.9 Å². The lowest BCUT2D eigenvalue weighted by molar-refractivity contribution is 0.0983. The van der Waals surface area contributed by atoms with Crippen molar-refractivity contribution in [2.45, 2.75) is 32.2 Å². The summed E-state index contributed by atoms with van der Waals surface area (Å²) in [4.78, 5) is 22.4. The fourth-order valence-electron chi connectivity index (χ4n) is 1.63. The van der Waals surface area contributed by atoms with Gasteiger partial charge in [0, 0.05) is 18.2 Å². The van der Waals surface area contributed by atoms with Gasteiger partial charge in [0.25, 0.3) is 5.91 Å². The number of rotatable bonds is 6. The molecule has 0 spiro atoms. The lowest BCUT2D eigenvalue weighted by atomic mass is 9.91. The maximum absolute atomic E-state index is 11.6. The molecule has 2 atom stereocenters. The van der Waals surface area contributed by atoms with E-state index in [1.165, 1.54) is 6.26 Å². The van der Waals surface area contributed by atoms with Crippen molar-refractivity contribution in [3.05, 3.63) is 40.3 Å².